The number of aromatic nitrogens is 1. The third kappa shape index (κ3) is 3.44. The summed E-state index contributed by atoms with van der Waals surface area (Å²) < 4.78 is 11.0. The van der Waals surface area contributed by atoms with Crippen LogP contribution in [-0.4, -0.2) is 53.7 Å². The van der Waals surface area contributed by atoms with Gasteiger partial charge in [0.15, 0.2) is 6.61 Å². The SMILES string of the molecule is O=C(OCC(=O)N1CCO[C@@H]2CCCC[C@@H]21)c1cc2cc(Cl)ccc2[nH]1. The first-order valence-electron chi connectivity index (χ1n) is 8.98. The van der Waals surface area contributed by atoms with E-state index < -0.39 is 5.97 Å². The Hall–Kier alpha value is -2.05. The zero-order chi connectivity index (χ0) is 18.1. The van der Waals surface area contributed by atoms with Gasteiger partial charge in [0.05, 0.1) is 18.8 Å². The number of hydrogen-bond acceptors (Lipinski definition) is 4. The maximum Gasteiger partial charge on any atom is 0.355 e. The third-order valence-electron chi connectivity index (χ3n) is 5.18. The van der Waals surface area contributed by atoms with Gasteiger partial charge in [0.2, 0.25) is 0 Å². The van der Waals surface area contributed by atoms with Crippen molar-refractivity contribution < 1.29 is 19.1 Å². The van der Waals surface area contributed by atoms with Crippen molar-refractivity contribution in [2.75, 3.05) is 19.8 Å². The first-order valence-corrected chi connectivity index (χ1v) is 9.36. The highest BCUT2D eigenvalue weighted by molar-refractivity contribution is 6.31. The Bertz CT molecular complexity index is 832. The van der Waals surface area contributed by atoms with Crippen molar-refractivity contribution in [1.29, 1.82) is 0 Å². The first-order chi connectivity index (χ1) is 12.6. The minimum Gasteiger partial charge on any atom is -0.451 e. The Morgan fingerprint density at radius 1 is 1.27 bits per heavy atom. The van der Waals surface area contributed by atoms with E-state index in [2.05, 4.69) is 4.98 Å². The molecule has 2 fully saturated rings. The molecule has 2 heterocycles. The van der Waals surface area contributed by atoms with Gasteiger partial charge >= 0.3 is 5.97 Å². The predicted octanol–water partition coefficient (Wildman–Crippen LogP) is 3.15. The molecule has 2 aromatic rings. The standard InChI is InChI=1S/C19H21ClN2O4/c20-13-5-6-14-12(9-13)10-15(21-14)19(24)26-11-18(23)22-7-8-25-17-4-2-1-3-16(17)22/h5-6,9-10,16-17,21H,1-4,7-8,11H2/t16-,17+/m0/s1. The van der Waals surface area contributed by atoms with E-state index in [1.165, 1.54) is 0 Å². The molecule has 4 rings (SSSR count). The van der Waals surface area contributed by atoms with Crippen molar-refractivity contribution in [3.05, 3.63) is 35.0 Å². The quantitative estimate of drug-likeness (QED) is 0.835. The second-order valence-electron chi connectivity index (χ2n) is 6.84. The summed E-state index contributed by atoms with van der Waals surface area (Å²) in [4.78, 5) is 29.7. The Morgan fingerprint density at radius 3 is 3.00 bits per heavy atom. The molecule has 1 aromatic heterocycles. The number of esters is 1. The summed E-state index contributed by atoms with van der Waals surface area (Å²) in [5.41, 5.74) is 1.11. The molecule has 0 radical (unpaired) electrons. The topological polar surface area (TPSA) is 71.6 Å². The smallest absolute Gasteiger partial charge is 0.355 e. The van der Waals surface area contributed by atoms with Gasteiger partial charge in [-0.2, -0.15) is 0 Å². The molecule has 0 unspecified atom stereocenters. The lowest BCUT2D eigenvalue weighted by Crippen LogP contribution is -2.55. The van der Waals surface area contributed by atoms with Gasteiger partial charge in [-0.15, -0.1) is 0 Å². The number of carbonyl (C=O) groups excluding carboxylic acids is 2. The lowest BCUT2D eigenvalue weighted by Gasteiger charge is -2.43. The van der Waals surface area contributed by atoms with Crippen LogP contribution in [0.15, 0.2) is 24.3 Å². The molecule has 1 aliphatic carbocycles. The highest BCUT2D eigenvalue weighted by Crippen LogP contribution is 2.28. The molecule has 0 bridgehead atoms. The largest absolute Gasteiger partial charge is 0.451 e. The van der Waals surface area contributed by atoms with Crippen LogP contribution in [0.5, 0.6) is 0 Å². The number of hydrogen-bond donors (Lipinski definition) is 1. The van der Waals surface area contributed by atoms with Crippen LogP contribution in [0.4, 0.5) is 0 Å². The molecule has 1 amide bonds. The van der Waals surface area contributed by atoms with Crippen LogP contribution in [-0.2, 0) is 14.3 Å². The number of nitrogens with zero attached hydrogens (tertiary/aromatic N) is 1. The van der Waals surface area contributed by atoms with Crippen LogP contribution >= 0.6 is 11.6 Å². The Labute approximate surface area is 156 Å². The summed E-state index contributed by atoms with van der Waals surface area (Å²) in [5.74, 6) is -0.697. The van der Waals surface area contributed by atoms with Crippen LogP contribution in [0.2, 0.25) is 5.02 Å². The molecule has 1 N–H and O–H groups in total. The van der Waals surface area contributed by atoms with Crippen molar-refractivity contribution >= 4 is 34.4 Å². The molecule has 2 atom stereocenters. The number of ether oxygens (including phenoxy) is 2. The number of fused-ring (bicyclic) bond motifs is 2. The van der Waals surface area contributed by atoms with Crippen molar-refractivity contribution in [3.63, 3.8) is 0 Å². The number of rotatable bonds is 3. The number of H-pyrrole nitrogens is 1. The lowest BCUT2D eigenvalue weighted by molar-refractivity contribution is -0.152. The van der Waals surface area contributed by atoms with Crippen LogP contribution in [0.25, 0.3) is 10.9 Å². The van der Waals surface area contributed by atoms with Gasteiger partial charge in [0.1, 0.15) is 5.69 Å². The fourth-order valence-electron chi connectivity index (χ4n) is 3.91. The van der Waals surface area contributed by atoms with Gasteiger partial charge in [-0.3, -0.25) is 4.79 Å². The van der Waals surface area contributed by atoms with Gasteiger partial charge in [-0.25, -0.2) is 4.79 Å². The van der Waals surface area contributed by atoms with E-state index in [0.29, 0.717) is 23.9 Å². The maximum atomic E-state index is 12.6. The third-order valence-corrected chi connectivity index (χ3v) is 5.42. The van der Waals surface area contributed by atoms with E-state index in [1.807, 2.05) is 4.90 Å². The van der Waals surface area contributed by atoms with E-state index in [4.69, 9.17) is 21.1 Å². The molecule has 1 aromatic carbocycles. The number of amides is 1. The molecule has 7 heteroatoms. The molecular weight excluding hydrogens is 356 g/mol. The molecule has 1 aliphatic heterocycles. The molecule has 26 heavy (non-hydrogen) atoms. The number of benzene rings is 1. The summed E-state index contributed by atoms with van der Waals surface area (Å²) in [7, 11) is 0. The van der Waals surface area contributed by atoms with Crippen LogP contribution < -0.4 is 0 Å². The predicted molar refractivity (Wildman–Crippen MR) is 97.3 cm³/mol. The fraction of sp³-hybridized carbons (Fsp3) is 0.474. The normalized spacial score (nSPS) is 22.9. The second-order valence-corrected chi connectivity index (χ2v) is 7.28. The maximum absolute atomic E-state index is 12.6. The van der Waals surface area contributed by atoms with E-state index in [1.54, 1.807) is 24.3 Å². The highest BCUT2D eigenvalue weighted by atomic mass is 35.5. The van der Waals surface area contributed by atoms with Crippen molar-refractivity contribution in [2.24, 2.45) is 0 Å². The Morgan fingerprint density at radius 2 is 2.12 bits per heavy atom. The van der Waals surface area contributed by atoms with Gasteiger partial charge in [0.25, 0.3) is 5.91 Å². The van der Waals surface area contributed by atoms with Crippen molar-refractivity contribution in [2.45, 2.75) is 37.8 Å². The molecule has 1 saturated heterocycles. The second kappa shape index (κ2) is 7.29. The summed E-state index contributed by atoms with van der Waals surface area (Å²) in [6.07, 6.45) is 4.31. The molecule has 1 saturated carbocycles. The number of halogens is 1. The van der Waals surface area contributed by atoms with E-state index in [-0.39, 0.29) is 24.7 Å². The average Bonchev–Trinajstić information content (AvgIpc) is 3.08. The van der Waals surface area contributed by atoms with Gasteiger partial charge in [0, 0.05) is 22.5 Å². The minimum absolute atomic E-state index is 0.110. The first kappa shape index (κ1) is 17.4. The molecule has 0 spiro atoms. The lowest BCUT2D eigenvalue weighted by atomic mass is 9.90. The van der Waals surface area contributed by atoms with Crippen LogP contribution in [0.1, 0.15) is 36.2 Å². The monoisotopic (exact) mass is 376 g/mol. The number of carbonyl (C=O) groups is 2. The number of nitrogens with one attached hydrogen (secondary N) is 1. The van der Waals surface area contributed by atoms with Crippen molar-refractivity contribution in [1.82, 2.24) is 9.88 Å². The summed E-state index contributed by atoms with van der Waals surface area (Å²) in [5, 5.41) is 1.43. The zero-order valence-electron chi connectivity index (χ0n) is 14.4. The Kier molecular flexibility index (Phi) is 4.87. The van der Waals surface area contributed by atoms with Gasteiger partial charge < -0.3 is 19.4 Å². The zero-order valence-corrected chi connectivity index (χ0v) is 15.1. The molecule has 138 valence electrons. The van der Waals surface area contributed by atoms with E-state index in [9.17, 15) is 9.59 Å². The molecule has 2 aliphatic rings. The summed E-state index contributed by atoms with van der Waals surface area (Å²) >= 11 is 5.96. The fourth-order valence-corrected chi connectivity index (χ4v) is 4.09. The summed E-state index contributed by atoms with van der Waals surface area (Å²) in [6.45, 7) is 0.851. The highest BCUT2D eigenvalue weighted by Gasteiger charge is 2.36. The number of morpholine rings is 1. The van der Waals surface area contributed by atoms with Gasteiger partial charge in [-0.1, -0.05) is 24.4 Å². The Balaban J connectivity index is 1.39. The van der Waals surface area contributed by atoms with Gasteiger partial charge in [-0.05, 0) is 37.1 Å². The van der Waals surface area contributed by atoms with E-state index in [0.717, 1.165) is 36.6 Å². The minimum atomic E-state index is -0.542. The van der Waals surface area contributed by atoms with E-state index >= 15 is 0 Å². The summed E-state index contributed by atoms with van der Waals surface area (Å²) in [6, 6.07) is 7.11. The number of aromatic amines is 1. The van der Waals surface area contributed by atoms with Crippen LogP contribution in [0, 0.1) is 0 Å². The molecular formula is C19H21ClN2O4. The van der Waals surface area contributed by atoms with Crippen molar-refractivity contribution in [3.8, 4) is 0 Å². The molecule has 6 nitrogen and oxygen atoms in total. The van der Waals surface area contributed by atoms with Crippen LogP contribution in [0.3, 0.4) is 0 Å². The average molecular weight is 377 g/mol.